The monoisotopic (exact) mass is 508 g/mol. The van der Waals surface area contributed by atoms with Crippen LogP contribution < -0.4 is 14.8 Å². The van der Waals surface area contributed by atoms with Gasteiger partial charge in [-0.25, -0.2) is 4.39 Å². The number of nitro groups is 1. The summed E-state index contributed by atoms with van der Waals surface area (Å²) in [5, 5.41) is 14.1. The van der Waals surface area contributed by atoms with Crippen molar-refractivity contribution in [2.45, 2.75) is 13.2 Å². The number of hydrogen-bond donors (Lipinski definition) is 1. The lowest BCUT2D eigenvalue weighted by molar-refractivity contribution is -0.384. The van der Waals surface area contributed by atoms with Gasteiger partial charge in [0.2, 0.25) is 0 Å². The first-order valence-electron chi connectivity index (χ1n) is 8.68. The molecule has 1 N–H and O–H groups in total. The molecule has 0 atom stereocenters. The highest BCUT2D eigenvalue weighted by Crippen LogP contribution is 2.35. The number of non-ortho nitro benzene ring substituents is 1. The molecule has 0 aliphatic rings. The molecule has 0 saturated heterocycles. The van der Waals surface area contributed by atoms with E-state index in [2.05, 4.69) is 27.9 Å². The first-order valence-corrected chi connectivity index (χ1v) is 9.76. The molecule has 0 aliphatic carbocycles. The molecule has 0 amide bonds. The molecule has 3 rings (SSSR count). The van der Waals surface area contributed by atoms with Crippen LogP contribution in [-0.4, -0.2) is 12.0 Å². The van der Waals surface area contributed by atoms with Crippen molar-refractivity contribution in [2.24, 2.45) is 0 Å². The molecule has 0 heterocycles. The fraction of sp³-hybridized carbons (Fsp3) is 0.143. The van der Waals surface area contributed by atoms with E-state index in [1.807, 2.05) is 12.1 Å². The van der Waals surface area contributed by atoms with Gasteiger partial charge >= 0.3 is 0 Å². The highest BCUT2D eigenvalue weighted by molar-refractivity contribution is 14.1. The number of ether oxygens (including phenoxy) is 2. The molecule has 0 unspecified atom stereocenters. The fourth-order valence-corrected chi connectivity index (χ4v) is 3.51. The molecule has 29 heavy (non-hydrogen) atoms. The summed E-state index contributed by atoms with van der Waals surface area (Å²) in [5.41, 5.74) is 2.48. The predicted octanol–water partition coefficient (Wildman–Crippen LogP) is 5.54. The molecule has 6 nitrogen and oxygen atoms in total. The van der Waals surface area contributed by atoms with Gasteiger partial charge in [0.15, 0.2) is 11.5 Å². The fourth-order valence-electron chi connectivity index (χ4n) is 2.69. The Labute approximate surface area is 180 Å². The number of anilines is 1. The van der Waals surface area contributed by atoms with Crippen molar-refractivity contribution in [2.75, 3.05) is 12.4 Å². The highest BCUT2D eigenvalue weighted by Gasteiger charge is 2.13. The Morgan fingerprint density at radius 3 is 2.55 bits per heavy atom. The molecule has 150 valence electrons. The molecule has 3 aromatic rings. The second-order valence-electron chi connectivity index (χ2n) is 6.19. The third kappa shape index (κ3) is 5.57. The van der Waals surface area contributed by atoms with Crippen molar-refractivity contribution in [3.63, 3.8) is 0 Å². The van der Waals surface area contributed by atoms with Gasteiger partial charge in [-0.2, -0.15) is 0 Å². The van der Waals surface area contributed by atoms with E-state index in [-0.39, 0.29) is 18.1 Å². The Bertz CT molecular complexity index is 1010. The number of benzene rings is 3. The van der Waals surface area contributed by atoms with Crippen LogP contribution in [0.4, 0.5) is 15.8 Å². The lowest BCUT2D eigenvalue weighted by Crippen LogP contribution is -2.04. The summed E-state index contributed by atoms with van der Waals surface area (Å²) >= 11 is 2.17. The van der Waals surface area contributed by atoms with Gasteiger partial charge in [0.1, 0.15) is 12.4 Å². The van der Waals surface area contributed by atoms with Gasteiger partial charge in [0, 0.05) is 24.4 Å². The Balaban J connectivity index is 1.71. The number of hydrogen-bond acceptors (Lipinski definition) is 5. The van der Waals surface area contributed by atoms with E-state index >= 15 is 0 Å². The molecule has 3 aromatic carbocycles. The zero-order chi connectivity index (χ0) is 20.8. The molecule has 0 fully saturated rings. The van der Waals surface area contributed by atoms with E-state index in [1.165, 1.54) is 24.3 Å². The van der Waals surface area contributed by atoms with Gasteiger partial charge in [-0.3, -0.25) is 10.1 Å². The van der Waals surface area contributed by atoms with Crippen molar-refractivity contribution >= 4 is 34.0 Å². The molecule has 0 aliphatic heterocycles. The molecule has 0 saturated carbocycles. The van der Waals surface area contributed by atoms with Gasteiger partial charge in [0.05, 0.1) is 15.6 Å². The first-order chi connectivity index (χ1) is 14.0. The van der Waals surface area contributed by atoms with E-state index in [9.17, 15) is 14.5 Å². The Hall–Kier alpha value is -2.88. The summed E-state index contributed by atoms with van der Waals surface area (Å²) in [6.45, 7) is 0.754. The summed E-state index contributed by atoms with van der Waals surface area (Å²) < 4.78 is 25.3. The molecule has 0 spiro atoms. The first kappa shape index (κ1) is 20.8. The molecule has 0 radical (unpaired) electrons. The topological polar surface area (TPSA) is 73.6 Å². The maximum Gasteiger partial charge on any atom is 0.271 e. The minimum Gasteiger partial charge on any atom is -0.493 e. The number of halogens is 2. The van der Waals surface area contributed by atoms with E-state index in [0.717, 1.165) is 14.7 Å². The van der Waals surface area contributed by atoms with E-state index in [1.54, 1.807) is 31.4 Å². The zero-order valence-electron chi connectivity index (χ0n) is 15.5. The van der Waals surface area contributed by atoms with Crippen LogP contribution in [0.3, 0.4) is 0 Å². The molecular weight excluding hydrogens is 490 g/mol. The van der Waals surface area contributed by atoms with Crippen molar-refractivity contribution in [1.82, 2.24) is 0 Å². The number of nitrogens with one attached hydrogen (secondary N) is 1. The summed E-state index contributed by atoms with van der Waals surface area (Å²) in [5.74, 6) is 0.896. The number of rotatable bonds is 8. The maximum absolute atomic E-state index is 13.0. The van der Waals surface area contributed by atoms with Crippen molar-refractivity contribution in [1.29, 1.82) is 0 Å². The largest absolute Gasteiger partial charge is 0.493 e. The summed E-state index contributed by atoms with van der Waals surface area (Å²) in [6, 6.07) is 16.3. The Morgan fingerprint density at radius 1 is 1.10 bits per heavy atom. The summed E-state index contributed by atoms with van der Waals surface area (Å²) in [4.78, 5) is 10.5. The van der Waals surface area contributed by atoms with Crippen molar-refractivity contribution in [3.05, 3.63) is 91.3 Å². The van der Waals surface area contributed by atoms with Gasteiger partial charge in [-0.05, 0) is 64.0 Å². The van der Waals surface area contributed by atoms with Crippen LogP contribution in [0.15, 0.2) is 60.7 Å². The number of nitrogens with zero attached hydrogens (tertiary/aromatic N) is 1. The Morgan fingerprint density at radius 2 is 1.86 bits per heavy atom. The SMILES string of the molecule is COc1cc(CNc2cccc([N+](=O)[O-])c2)cc(I)c1OCc1ccc(F)cc1. The van der Waals surface area contributed by atoms with Crippen LogP contribution in [0, 0.1) is 19.5 Å². The lowest BCUT2D eigenvalue weighted by Gasteiger charge is -2.15. The molecule has 0 aromatic heterocycles. The van der Waals surface area contributed by atoms with Crippen molar-refractivity contribution < 1.29 is 18.8 Å². The van der Waals surface area contributed by atoms with E-state index in [4.69, 9.17) is 9.47 Å². The second-order valence-corrected chi connectivity index (χ2v) is 7.35. The van der Waals surface area contributed by atoms with Gasteiger partial charge in [0.25, 0.3) is 5.69 Å². The third-order valence-electron chi connectivity index (χ3n) is 4.14. The van der Waals surface area contributed by atoms with Crippen LogP contribution in [0.5, 0.6) is 11.5 Å². The highest BCUT2D eigenvalue weighted by atomic mass is 127. The average Bonchev–Trinajstić information content (AvgIpc) is 2.72. The van der Waals surface area contributed by atoms with Crippen LogP contribution in [-0.2, 0) is 13.2 Å². The van der Waals surface area contributed by atoms with Crippen molar-refractivity contribution in [3.8, 4) is 11.5 Å². The standard InChI is InChI=1S/C21H18FIN2O4/c1-28-20-10-15(12-24-17-3-2-4-18(11-17)25(26)27)9-19(23)21(20)29-13-14-5-7-16(22)8-6-14/h2-11,24H,12-13H2,1H3. The number of methoxy groups -OCH3 is 1. The lowest BCUT2D eigenvalue weighted by atomic mass is 10.2. The average molecular weight is 508 g/mol. The summed E-state index contributed by atoms with van der Waals surface area (Å²) in [6.07, 6.45) is 0. The number of nitro benzene ring substituents is 1. The van der Waals surface area contributed by atoms with Gasteiger partial charge in [-0.1, -0.05) is 18.2 Å². The van der Waals surface area contributed by atoms with Crippen LogP contribution in [0.1, 0.15) is 11.1 Å². The van der Waals surface area contributed by atoms with E-state index in [0.29, 0.717) is 23.7 Å². The third-order valence-corrected chi connectivity index (χ3v) is 4.94. The molecular formula is C21H18FIN2O4. The smallest absolute Gasteiger partial charge is 0.271 e. The Kier molecular flexibility index (Phi) is 6.86. The predicted molar refractivity (Wildman–Crippen MR) is 117 cm³/mol. The summed E-state index contributed by atoms with van der Waals surface area (Å²) in [7, 11) is 1.56. The van der Waals surface area contributed by atoms with Crippen LogP contribution in [0.2, 0.25) is 0 Å². The second kappa shape index (κ2) is 9.55. The van der Waals surface area contributed by atoms with Crippen LogP contribution in [0.25, 0.3) is 0 Å². The minimum absolute atomic E-state index is 0.0340. The minimum atomic E-state index is -0.426. The molecule has 8 heteroatoms. The van der Waals surface area contributed by atoms with E-state index < -0.39 is 4.92 Å². The quantitative estimate of drug-likeness (QED) is 0.246. The van der Waals surface area contributed by atoms with Crippen LogP contribution >= 0.6 is 22.6 Å². The zero-order valence-corrected chi connectivity index (χ0v) is 17.7. The maximum atomic E-state index is 13.0. The van der Waals surface area contributed by atoms with Gasteiger partial charge in [-0.15, -0.1) is 0 Å². The molecule has 0 bridgehead atoms. The van der Waals surface area contributed by atoms with Gasteiger partial charge < -0.3 is 14.8 Å². The normalized spacial score (nSPS) is 10.4.